The first-order chi connectivity index (χ1) is 10.8. The van der Waals surface area contributed by atoms with Crippen molar-refractivity contribution in [3.8, 4) is 6.07 Å². The number of benzene rings is 1. The maximum Gasteiger partial charge on any atom is 0.397 e. The second-order valence-corrected chi connectivity index (χ2v) is 5.85. The first kappa shape index (κ1) is 17.1. The lowest BCUT2D eigenvalue weighted by Crippen LogP contribution is -2.45. The van der Waals surface area contributed by atoms with Crippen LogP contribution in [0.5, 0.6) is 0 Å². The highest BCUT2D eigenvalue weighted by Crippen LogP contribution is 2.27. The maximum absolute atomic E-state index is 12.3. The van der Waals surface area contributed by atoms with Crippen molar-refractivity contribution >= 4 is 29.3 Å². The van der Waals surface area contributed by atoms with Crippen LogP contribution in [-0.4, -0.2) is 40.6 Å². The molecule has 1 atom stereocenters. The van der Waals surface area contributed by atoms with E-state index in [1.165, 1.54) is 36.0 Å². The van der Waals surface area contributed by atoms with E-state index in [0.29, 0.717) is 11.3 Å². The molecule has 0 bridgehead atoms. The van der Waals surface area contributed by atoms with Crippen molar-refractivity contribution in [1.29, 1.82) is 5.26 Å². The molecule has 0 aliphatic carbocycles. The molecule has 1 aliphatic heterocycles. The monoisotopic (exact) mass is 343 g/mol. The summed E-state index contributed by atoms with van der Waals surface area (Å²) in [6.07, 6.45) is -6.17. The third-order valence-corrected chi connectivity index (χ3v) is 4.15. The van der Waals surface area contributed by atoms with E-state index in [-0.39, 0.29) is 11.6 Å². The number of hydrogen-bond donors (Lipinski definition) is 1. The largest absolute Gasteiger partial charge is 0.397 e. The molecule has 9 heteroatoms. The van der Waals surface area contributed by atoms with E-state index < -0.39 is 30.5 Å². The van der Waals surface area contributed by atoms with E-state index in [1.54, 1.807) is 0 Å². The molecular formula is C14H12F3N3O2S. The number of nitrogens with one attached hydrogen (secondary N) is 1. The van der Waals surface area contributed by atoms with Gasteiger partial charge in [-0.2, -0.15) is 18.4 Å². The van der Waals surface area contributed by atoms with Crippen molar-refractivity contribution in [2.75, 3.05) is 16.9 Å². The molecule has 0 aromatic heterocycles. The van der Waals surface area contributed by atoms with Crippen molar-refractivity contribution in [3.05, 3.63) is 29.8 Å². The summed E-state index contributed by atoms with van der Waals surface area (Å²) in [4.78, 5) is 24.8. The van der Waals surface area contributed by atoms with Crippen LogP contribution in [-0.2, 0) is 9.59 Å². The average molecular weight is 343 g/mol. The van der Waals surface area contributed by atoms with Gasteiger partial charge in [0.25, 0.3) is 0 Å². The van der Waals surface area contributed by atoms with Crippen molar-refractivity contribution in [1.82, 2.24) is 4.90 Å². The number of nitrogens with zero attached hydrogens (tertiary/aromatic N) is 2. The number of anilines is 1. The van der Waals surface area contributed by atoms with Gasteiger partial charge in [-0.05, 0) is 24.3 Å². The summed E-state index contributed by atoms with van der Waals surface area (Å²) < 4.78 is 37.0. The molecule has 1 heterocycles. The Labute approximate surface area is 134 Å². The smallest absolute Gasteiger partial charge is 0.324 e. The predicted octanol–water partition coefficient (Wildman–Crippen LogP) is 2.35. The number of rotatable bonds is 3. The van der Waals surface area contributed by atoms with Gasteiger partial charge in [0, 0.05) is 11.4 Å². The first-order valence-electron chi connectivity index (χ1n) is 6.55. The Morgan fingerprint density at radius 3 is 2.57 bits per heavy atom. The molecule has 1 aromatic carbocycles. The van der Waals surface area contributed by atoms with E-state index in [0.717, 1.165) is 4.90 Å². The summed E-state index contributed by atoms with van der Waals surface area (Å²) >= 11 is 1.22. The van der Waals surface area contributed by atoms with Crippen molar-refractivity contribution < 1.29 is 22.8 Å². The van der Waals surface area contributed by atoms with Crippen LogP contribution in [0.15, 0.2) is 24.3 Å². The van der Waals surface area contributed by atoms with Crippen molar-refractivity contribution in [2.45, 2.75) is 18.6 Å². The molecule has 2 rings (SSSR count). The zero-order valence-corrected chi connectivity index (χ0v) is 12.6. The van der Waals surface area contributed by atoms with Crippen LogP contribution >= 0.6 is 11.8 Å². The molecule has 0 spiro atoms. The normalized spacial score (nSPS) is 17.7. The summed E-state index contributed by atoms with van der Waals surface area (Å²) in [5.41, 5.74) is 0.829. The summed E-state index contributed by atoms with van der Waals surface area (Å²) in [6, 6.07) is 7.03. The van der Waals surface area contributed by atoms with E-state index in [2.05, 4.69) is 5.32 Å². The fraction of sp³-hybridized carbons (Fsp3) is 0.357. The zero-order chi connectivity index (χ0) is 17.0. The highest BCUT2D eigenvalue weighted by Gasteiger charge is 2.40. The van der Waals surface area contributed by atoms with Gasteiger partial charge in [0.2, 0.25) is 11.8 Å². The minimum atomic E-state index is -4.60. The fourth-order valence-corrected chi connectivity index (χ4v) is 3.21. The number of alkyl halides is 3. The molecule has 0 radical (unpaired) electrons. The Bertz CT molecular complexity index is 640. The lowest BCUT2D eigenvalue weighted by molar-refractivity contribution is -0.162. The maximum atomic E-state index is 12.3. The minimum Gasteiger partial charge on any atom is -0.324 e. The van der Waals surface area contributed by atoms with E-state index in [9.17, 15) is 22.8 Å². The Morgan fingerprint density at radius 1 is 1.35 bits per heavy atom. The number of carbonyl (C=O) groups excluding carboxylic acids is 2. The number of nitriles is 1. The molecule has 0 unspecified atom stereocenters. The Hall–Kier alpha value is -2.21. The number of carbonyl (C=O) groups is 2. The molecule has 1 N–H and O–H groups in total. The molecular weight excluding hydrogens is 331 g/mol. The van der Waals surface area contributed by atoms with Gasteiger partial charge in [-0.25, -0.2) is 0 Å². The Morgan fingerprint density at radius 2 is 2.00 bits per heavy atom. The van der Waals surface area contributed by atoms with Crippen LogP contribution in [0.3, 0.4) is 0 Å². The standard InChI is InChI=1S/C14H12F3N3O2S/c15-14(16,17)5-12(21)20-8-23-7-11(20)13(22)19-10-3-1-9(6-18)2-4-10/h1-4,11H,5,7-8H2,(H,19,22)/t11-/m0/s1. The van der Waals surface area contributed by atoms with Gasteiger partial charge in [-0.3, -0.25) is 9.59 Å². The predicted molar refractivity (Wildman–Crippen MR) is 78.4 cm³/mol. The van der Waals surface area contributed by atoms with Gasteiger partial charge >= 0.3 is 6.18 Å². The topological polar surface area (TPSA) is 73.2 Å². The summed E-state index contributed by atoms with van der Waals surface area (Å²) in [7, 11) is 0. The van der Waals surface area contributed by atoms with E-state index in [1.807, 2.05) is 6.07 Å². The van der Waals surface area contributed by atoms with Gasteiger partial charge in [-0.15, -0.1) is 11.8 Å². The number of thioether (sulfide) groups is 1. The molecule has 1 aromatic rings. The van der Waals surface area contributed by atoms with E-state index in [4.69, 9.17) is 5.26 Å². The highest BCUT2D eigenvalue weighted by atomic mass is 32.2. The van der Waals surface area contributed by atoms with Crippen molar-refractivity contribution in [3.63, 3.8) is 0 Å². The SMILES string of the molecule is N#Cc1ccc(NC(=O)[C@@H]2CSCN2C(=O)CC(F)(F)F)cc1. The van der Waals surface area contributed by atoms with Crippen LogP contribution in [0.2, 0.25) is 0 Å². The third kappa shape index (κ3) is 4.63. The molecule has 1 saturated heterocycles. The second kappa shape index (κ2) is 6.91. The van der Waals surface area contributed by atoms with Gasteiger partial charge in [0.15, 0.2) is 0 Å². The number of hydrogen-bond acceptors (Lipinski definition) is 4. The van der Waals surface area contributed by atoms with Crippen LogP contribution in [0.1, 0.15) is 12.0 Å². The van der Waals surface area contributed by atoms with Crippen molar-refractivity contribution in [2.24, 2.45) is 0 Å². The van der Waals surface area contributed by atoms with Gasteiger partial charge in [0.1, 0.15) is 12.5 Å². The fourth-order valence-electron chi connectivity index (χ4n) is 2.03. The second-order valence-electron chi connectivity index (χ2n) is 4.85. The van der Waals surface area contributed by atoms with Gasteiger partial charge in [-0.1, -0.05) is 0 Å². The highest BCUT2D eigenvalue weighted by molar-refractivity contribution is 7.99. The van der Waals surface area contributed by atoms with E-state index >= 15 is 0 Å². The number of halogens is 3. The number of amides is 2. The summed E-state index contributed by atoms with van der Waals surface area (Å²) in [6.45, 7) is 0. The first-order valence-corrected chi connectivity index (χ1v) is 7.70. The zero-order valence-electron chi connectivity index (χ0n) is 11.8. The molecule has 5 nitrogen and oxygen atoms in total. The Balaban J connectivity index is 2.02. The Kier molecular flexibility index (Phi) is 5.15. The summed E-state index contributed by atoms with van der Waals surface area (Å²) in [5.74, 6) is -1.36. The lowest BCUT2D eigenvalue weighted by Gasteiger charge is -2.23. The average Bonchev–Trinajstić information content (AvgIpc) is 2.96. The van der Waals surface area contributed by atoms with Crippen LogP contribution in [0, 0.1) is 11.3 Å². The minimum absolute atomic E-state index is 0.0559. The molecule has 2 amide bonds. The lowest BCUT2D eigenvalue weighted by atomic mass is 10.2. The van der Waals surface area contributed by atoms with Gasteiger partial charge in [0.05, 0.1) is 17.5 Å². The van der Waals surface area contributed by atoms with Crippen LogP contribution in [0.4, 0.5) is 18.9 Å². The quantitative estimate of drug-likeness (QED) is 0.914. The summed E-state index contributed by atoms with van der Waals surface area (Å²) in [5, 5.41) is 11.2. The molecule has 1 fully saturated rings. The third-order valence-electron chi connectivity index (χ3n) is 3.14. The van der Waals surface area contributed by atoms with Crippen LogP contribution < -0.4 is 5.32 Å². The molecule has 1 aliphatic rings. The van der Waals surface area contributed by atoms with Crippen LogP contribution in [0.25, 0.3) is 0 Å². The van der Waals surface area contributed by atoms with Gasteiger partial charge < -0.3 is 10.2 Å². The molecule has 122 valence electrons. The molecule has 23 heavy (non-hydrogen) atoms. The molecule has 0 saturated carbocycles.